The molecule has 0 saturated heterocycles. The molecule has 0 aromatic rings. The molecule has 4 heteroatoms. The molecule has 0 aromatic heterocycles. The van der Waals surface area contributed by atoms with Crippen molar-refractivity contribution in [2.45, 2.75) is 193 Å². The van der Waals surface area contributed by atoms with Crippen molar-refractivity contribution in [1.29, 1.82) is 0 Å². The van der Waals surface area contributed by atoms with Gasteiger partial charge in [0.15, 0.2) is 0 Å². The first kappa shape index (κ1) is 58.0. The molecular weight excluding hydrogens is 759 g/mol. The van der Waals surface area contributed by atoms with Crippen LogP contribution >= 0.6 is 0 Å². The van der Waals surface area contributed by atoms with E-state index in [1.54, 1.807) is 6.08 Å². The number of carbonyl (C=O) groups is 1. The SMILES string of the molecule is CC/C=C\C/C=C\C/C=C\C/C=C\C/C=C\C/C=C\C/C=C\C/C=C\C/C=C\C/C=C\CCCCC(=O)NC(CO)C(O)/C=C/CC/C=C/CC/C=C/CCCCCCCCC. The standard InChI is InChI=1S/C58H91NO3/c1-3-5-7-9-11-13-15-17-19-21-22-23-24-25-26-27-28-29-30-31-32-33-34-35-36-38-40-42-44-46-48-50-52-54-58(62)59-56(55-60)57(61)53-51-49-47-45-43-41-39-37-20-18-16-14-12-10-8-6-4-2/h5,7,11,13,17,19-20,22-23,25-26,28-29,31-32,34-35,37-38,40,43-46,51,53,56-57,60-61H,3-4,6,8-10,12,14-16,18,21,24,27,30,33,36,39,41-42,47-50,52,54-55H2,1-2H3,(H,59,62)/b7-5-,13-11-,19-17-,23-22-,26-25-,29-28-,32-31-,35-34-,37-20+,40-38-,45-43+,46-44-,53-51+. The Hall–Kier alpha value is -3.99. The summed E-state index contributed by atoms with van der Waals surface area (Å²) in [5.41, 5.74) is 0. The van der Waals surface area contributed by atoms with Crippen LogP contribution in [0.3, 0.4) is 0 Å². The first-order valence-electron chi connectivity index (χ1n) is 24.7. The fourth-order valence-electron chi connectivity index (χ4n) is 6.23. The third kappa shape index (κ3) is 47.1. The smallest absolute Gasteiger partial charge is 0.220 e. The van der Waals surface area contributed by atoms with Crippen molar-refractivity contribution in [2.75, 3.05) is 6.61 Å². The van der Waals surface area contributed by atoms with Gasteiger partial charge in [-0.15, -0.1) is 0 Å². The summed E-state index contributed by atoms with van der Waals surface area (Å²) in [5.74, 6) is -0.128. The van der Waals surface area contributed by atoms with E-state index in [9.17, 15) is 15.0 Å². The number of aliphatic hydroxyl groups excluding tert-OH is 2. The molecule has 4 nitrogen and oxygen atoms in total. The number of amides is 1. The molecule has 0 aromatic carbocycles. The van der Waals surface area contributed by atoms with E-state index in [0.717, 1.165) is 109 Å². The lowest BCUT2D eigenvalue weighted by Crippen LogP contribution is -2.45. The molecule has 0 saturated carbocycles. The van der Waals surface area contributed by atoms with Crippen LogP contribution in [0, 0.1) is 0 Å². The summed E-state index contributed by atoms with van der Waals surface area (Å²) < 4.78 is 0. The Morgan fingerprint density at radius 1 is 0.403 bits per heavy atom. The summed E-state index contributed by atoms with van der Waals surface area (Å²) in [4.78, 5) is 12.4. The van der Waals surface area contributed by atoms with Crippen LogP contribution in [-0.4, -0.2) is 34.9 Å². The van der Waals surface area contributed by atoms with Crippen molar-refractivity contribution in [2.24, 2.45) is 0 Å². The predicted molar refractivity (Wildman–Crippen MR) is 275 cm³/mol. The molecule has 0 spiro atoms. The number of unbranched alkanes of at least 4 members (excludes halogenated alkanes) is 11. The van der Waals surface area contributed by atoms with E-state index in [2.05, 4.69) is 165 Å². The number of hydrogen-bond donors (Lipinski definition) is 3. The number of hydrogen-bond acceptors (Lipinski definition) is 3. The second kappa shape index (κ2) is 51.4. The molecule has 0 aliphatic carbocycles. The number of carbonyl (C=O) groups excluding carboxylic acids is 1. The van der Waals surface area contributed by atoms with Crippen LogP contribution in [0.15, 0.2) is 158 Å². The summed E-state index contributed by atoms with van der Waals surface area (Å²) >= 11 is 0. The van der Waals surface area contributed by atoms with Gasteiger partial charge >= 0.3 is 0 Å². The highest BCUT2D eigenvalue weighted by Crippen LogP contribution is 2.10. The number of nitrogens with one attached hydrogen (secondary N) is 1. The minimum Gasteiger partial charge on any atom is -0.394 e. The highest BCUT2D eigenvalue weighted by Gasteiger charge is 2.17. The van der Waals surface area contributed by atoms with Crippen LogP contribution in [-0.2, 0) is 4.79 Å². The Balaban J connectivity index is 3.81. The largest absolute Gasteiger partial charge is 0.394 e. The first-order valence-corrected chi connectivity index (χ1v) is 24.7. The fourth-order valence-corrected chi connectivity index (χ4v) is 6.23. The maximum atomic E-state index is 12.4. The Kier molecular flexibility index (Phi) is 48.1. The number of allylic oxidation sites excluding steroid dienone is 25. The number of aliphatic hydroxyl groups is 2. The first-order chi connectivity index (χ1) is 30.7. The van der Waals surface area contributed by atoms with Crippen molar-refractivity contribution in [3.05, 3.63) is 158 Å². The Morgan fingerprint density at radius 3 is 1.13 bits per heavy atom. The van der Waals surface area contributed by atoms with Crippen LogP contribution in [0.1, 0.15) is 181 Å². The normalized spacial score (nSPS) is 14.3. The van der Waals surface area contributed by atoms with E-state index in [-0.39, 0.29) is 12.5 Å². The van der Waals surface area contributed by atoms with Gasteiger partial charge in [0.25, 0.3) is 0 Å². The van der Waals surface area contributed by atoms with Gasteiger partial charge in [-0.25, -0.2) is 0 Å². The van der Waals surface area contributed by atoms with E-state index in [4.69, 9.17) is 0 Å². The van der Waals surface area contributed by atoms with E-state index < -0.39 is 12.1 Å². The van der Waals surface area contributed by atoms with Gasteiger partial charge in [0, 0.05) is 6.42 Å². The monoisotopic (exact) mass is 850 g/mol. The highest BCUT2D eigenvalue weighted by atomic mass is 16.3. The zero-order chi connectivity index (χ0) is 44.9. The lowest BCUT2D eigenvalue weighted by Gasteiger charge is -2.19. The van der Waals surface area contributed by atoms with Gasteiger partial charge in [0.2, 0.25) is 5.91 Å². The van der Waals surface area contributed by atoms with Crippen LogP contribution in [0.2, 0.25) is 0 Å². The predicted octanol–water partition coefficient (Wildman–Crippen LogP) is 16.2. The Labute approximate surface area is 382 Å². The molecule has 0 fully saturated rings. The molecule has 2 atom stereocenters. The van der Waals surface area contributed by atoms with E-state index in [1.165, 1.54) is 51.4 Å². The topological polar surface area (TPSA) is 69.6 Å². The molecule has 346 valence electrons. The summed E-state index contributed by atoms with van der Waals surface area (Å²) in [6.07, 6.45) is 83.6. The van der Waals surface area contributed by atoms with Crippen molar-refractivity contribution in [3.63, 3.8) is 0 Å². The molecule has 3 N–H and O–H groups in total. The molecule has 0 aliphatic rings. The molecule has 0 radical (unpaired) electrons. The molecular formula is C58H91NO3. The van der Waals surface area contributed by atoms with Gasteiger partial charge in [-0.05, 0) is 122 Å². The van der Waals surface area contributed by atoms with Crippen molar-refractivity contribution in [1.82, 2.24) is 5.32 Å². The van der Waals surface area contributed by atoms with Gasteiger partial charge < -0.3 is 15.5 Å². The summed E-state index contributed by atoms with van der Waals surface area (Å²) in [7, 11) is 0. The minimum absolute atomic E-state index is 0.128. The van der Waals surface area contributed by atoms with Gasteiger partial charge in [-0.2, -0.15) is 0 Å². The molecule has 0 aliphatic heterocycles. The second-order valence-corrected chi connectivity index (χ2v) is 15.8. The molecule has 0 rings (SSSR count). The summed E-state index contributed by atoms with van der Waals surface area (Å²) in [5, 5.41) is 23.0. The van der Waals surface area contributed by atoms with Crippen LogP contribution < -0.4 is 5.32 Å². The third-order valence-electron chi connectivity index (χ3n) is 9.97. The molecule has 0 heterocycles. The maximum absolute atomic E-state index is 12.4. The zero-order valence-corrected chi connectivity index (χ0v) is 39.6. The fraction of sp³-hybridized carbons (Fsp3) is 0.534. The van der Waals surface area contributed by atoms with E-state index >= 15 is 0 Å². The number of rotatable bonds is 42. The average Bonchev–Trinajstić information content (AvgIpc) is 3.28. The average molecular weight is 850 g/mol. The van der Waals surface area contributed by atoms with Gasteiger partial charge in [-0.1, -0.05) is 210 Å². The maximum Gasteiger partial charge on any atom is 0.220 e. The second-order valence-electron chi connectivity index (χ2n) is 15.8. The van der Waals surface area contributed by atoms with E-state index in [0.29, 0.717) is 6.42 Å². The minimum atomic E-state index is -0.901. The van der Waals surface area contributed by atoms with Gasteiger partial charge in [0.05, 0.1) is 18.8 Å². The van der Waals surface area contributed by atoms with Crippen molar-refractivity contribution >= 4 is 5.91 Å². The van der Waals surface area contributed by atoms with Gasteiger partial charge in [0.1, 0.15) is 0 Å². The van der Waals surface area contributed by atoms with Crippen molar-refractivity contribution in [3.8, 4) is 0 Å². The van der Waals surface area contributed by atoms with Crippen molar-refractivity contribution < 1.29 is 15.0 Å². The lowest BCUT2D eigenvalue weighted by molar-refractivity contribution is -0.123. The van der Waals surface area contributed by atoms with E-state index in [1.807, 2.05) is 6.08 Å². The quantitative estimate of drug-likeness (QED) is 0.0423. The Bertz CT molecular complexity index is 1380. The summed E-state index contributed by atoms with van der Waals surface area (Å²) in [6, 6.07) is -0.681. The molecule has 1 amide bonds. The van der Waals surface area contributed by atoms with Crippen LogP contribution in [0.25, 0.3) is 0 Å². The molecule has 62 heavy (non-hydrogen) atoms. The third-order valence-corrected chi connectivity index (χ3v) is 9.97. The Morgan fingerprint density at radius 2 is 0.726 bits per heavy atom. The van der Waals surface area contributed by atoms with Crippen LogP contribution in [0.5, 0.6) is 0 Å². The summed E-state index contributed by atoms with van der Waals surface area (Å²) in [6.45, 7) is 4.13. The lowest BCUT2D eigenvalue weighted by atomic mass is 10.1. The highest BCUT2D eigenvalue weighted by molar-refractivity contribution is 5.76. The molecule has 2 unspecified atom stereocenters. The molecule has 0 bridgehead atoms. The van der Waals surface area contributed by atoms with Crippen LogP contribution in [0.4, 0.5) is 0 Å². The zero-order valence-electron chi connectivity index (χ0n) is 39.6. The van der Waals surface area contributed by atoms with Gasteiger partial charge in [-0.3, -0.25) is 4.79 Å².